The topological polar surface area (TPSA) is 65.3 Å². The van der Waals surface area contributed by atoms with Gasteiger partial charge in [-0.05, 0) is 77.7 Å². The van der Waals surface area contributed by atoms with Crippen molar-refractivity contribution in [3.63, 3.8) is 0 Å². The van der Waals surface area contributed by atoms with Crippen molar-refractivity contribution in [2.45, 2.75) is 0 Å². The molecule has 0 bridgehead atoms. The molecule has 0 amide bonds. The van der Waals surface area contributed by atoms with E-state index >= 15 is 0 Å². The van der Waals surface area contributed by atoms with Crippen LogP contribution < -0.4 is 30.8 Å². The molecule has 0 unspecified atom stereocenters. The minimum absolute atomic E-state index is 0.0937. The van der Waals surface area contributed by atoms with Crippen molar-refractivity contribution in [1.82, 2.24) is 19.5 Å². The molecule has 0 saturated carbocycles. The van der Waals surface area contributed by atoms with Gasteiger partial charge >= 0.3 is 0 Å². The summed E-state index contributed by atoms with van der Waals surface area (Å²) in [6.07, 6.45) is 0. The molecule has 7 nitrogen and oxygen atoms in total. The fourth-order valence-corrected chi connectivity index (χ4v) is 9.38. The molecule has 3 aliphatic heterocycles. The van der Waals surface area contributed by atoms with Gasteiger partial charge in [0.25, 0.3) is 6.71 Å². The van der Waals surface area contributed by atoms with E-state index in [0.717, 1.165) is 78.8 Å². The molecule has 59 heavy (non-hydrogen) atoms. The van der Waals surface area contributed by atoms with E-state index in [-0.39, 0.29) is 6.71 Å². The normalized spacial score (nSPS) is 12.9. The van der Waals surface area contributed by atoms with Crippen molar-refractivity contribution >= 4 is 62.0 Å². The van der Waals surface area contributed by atoms with Crippen LogP contribution in [0.2, 0.25) is 0 Å². The maximum absolute atomic E-state index is 6.92. The summed E-state index contributed by atoms with van der Waals surface area (Å²) in [5, 5.41) is 2.47. The van der Waals surface area contributed by atoms with E-state index in [2.05, 4.69) is 131 Å². The van der Waals surface area contributed by atoms with Crippen molar-refractivity contribution in [3.8, 4) is 62.8 Å². The van der Waals surface area contributed by atoms with Crippen LogP contribution in [0.5, 0.6) is 23.0 Å². The Morgan fingerprint density at radius 3 is 1.41 bits per heavy atom. The smallest absolute Gasteiger partial charge is 0.266 e. The summed E-state index contributed by atoms with van der Waals surface area (Å²) in [5.41, 5.74) is 12.5. The zero-order valence-corrected chi connectivity index (χ0v) is 31.5. The molecule has 8 aromatic carbocycles. The van der Waals surface area contributed by atoms with Crippen molar-refractivity contribution in [2.24, 2.45) is 0 Å². The molecule has 0 saturated heterocycles. The Labute approximate surface area is 339 Å². The molecule has 274 valence electrons. The van der Waals surface area contributed by atoms with Gasteiger partial charge in [-0.3, -0.25) is 0 Å². The SMILES string of the molecule is c1ccc(-c2nc(-c3ccccc3)nc(-c3cc4c5c(c3)Oc3cccc6c3B5c3c(cccc3N6c3cccc(-n5c6ccccc6c6ccccc65)c3)O4)n2)cc1. The van der Waals surface area contributed by atoms with Crippen LogP contribution in [0.4, 0.5) is 17.1 Å². The third-order valence-corrected chi connectivity index (χ3v) is 11.9. The summed E-state index contributed by atoms with van der Waals surface area (Å²) in [6.45, 7) is -0.0937. The van der Waals surface area contributed by atoms with Crippen molar-refractivity contribution in [1.29, 1.82) is 0 Å². The Morgan fingerprint density at radius 2 is 0.847 bits per heavy atom. The number of rotatable bonds is 5. The number of nitrogens with zero attached hydrogens (tertiary/aromatic N) is 5. The van der Waals surface area contributed by atoms with Crippen LogP contribution in [0.25, 0.3) is 61.7 Å². The molecule has 0 fully saturated rings. The molecule has 5 heterocycles. The number of benzene rings is 8. The minimum Gasteiger partial charge on any atom is -0.458 e. The quantitative estimate of drug-likeness (QED) is 0.163. The predicted molar refractivity (Wildman–Crippen MR) is 236 cm³/mol. The van der Waals surface area contributed by atoms with Crippen molar-refractivity contribution < 1.29 is 9.47 Å². The number of fused-ring (bicyclic) bond motifs is 3. The summed E-state index contributed by atoms with van der Waals surface area (Å²) in [4.78, 5) is 17.3. The van der Waals surface area contributed by atoms with E-state index in [1.807, 2.05) is 60.7 Å². The maximum atomic E-state index is 6.92. The largest absolute Gasteiger partial charge is 0.458 e. The molecule has 0 aliphatic carbocycles. The van der Waals surface area contributed by atoms with Crippen molar-refractivity contribution in [3.05, 3.63) is 182 Å². The van der Waals surface area contributed by atoms with E-state index in [1.165, 1.54) is 21.8 Å². The average molecular weight is 756 g/mol. The maximum Gasteiger partial charge on any atom is 0.266 e. The summed E-state index contributed by atoms with van der Waals surface area (Å²) < 4.78 is 16.2. The molecule has 8 heteroatoms. The fourth-order valence-electron chi connectivity index (χ4n) is 9.38. The first-order valence-corrected chi connectivity index (χ1v) is 19.8. The Bertz CT molecular complexity index is 3180. The van der Waals surface area contributed by atoms with Gasteiger partial charge in [0.05, 0.1) is 11.0 Å². The highest BCUT2D eigenvalue weighted by Gasteiger charge is 2.47. The summed E-state index contributed by atoms with van der Waals surface area (Å²) in [6, 6.07) is 63.0. The number of hydrogen-bond donors (Lipinski definition) is 0. The van der Waals surface area contributed by atoms with E-state index in [4.69, 9.17) is 24.4 Å². The molecule has 0 atom stereocenters. The molecule has 0 radical (unpaired) electrons. The van der Waals surface area contributed by atoms with Crippen LogP contribution in [0.15, 0.2) is 182 Å². The molecule has 0 spiro atoms. The Hall–Kier alpha value is -7.97. The summed E-state index contributed by atoms with van der Waals surface area (Å²) in [5.74, 6) is 4.85. The van der Waals surface area contributed by atoms with E-state index in [9.17, 15) is 0 Å². The van der Waals surface area contributed by atoms with Crippen LogP contribution in [0.3, 0.4) is 0 Å². The van der Waals surface area contributed by atoms with Crippen LogP contribution in [0.1, 0.15) is 0 Å². The van der Waals surface area contributed by atoms with Gasteiger partial charge in [0, 0.05) is 55.7 Å². The summed E-state index contributed by atoms with van der Waals surface area (Å²) in [7, 11) is 0. The van der Waals surface area contributed by atoms with Gasteiger partial charge in [0.1, 0.15) is 23.0 Å². The second-order valence-electron chi connectivity index (χ2n) is 15.2. The van der Waals surface area contributed by atoms with Gasteiger partial charge in [0.15, 0.2) is 17.5 Å². The predicted octanol–water partition coefficient (Wildman–Crippen LogP) is 10.5. The van der Waals surface area contributed by atoms with Crippen LogP contribution in [0, 0.1) is 0 Å². The van der Waals surface area contributed by atoms with Crippen LogP contribution >= 0.6 is 0 Å². The highest BCUT2D eigenvalue weighted by Crippen LogP contribution is 2.47. The second kappa shape index (κ2) is 12.3. The van der Waals surface area contributed by atoms with Gasteiger partial charge in [-0.25, -0.2) is 15.0 Å². The molecular formula is C51H30BN5O2. The Morgan fingerprint density at radius 1 is 0.373 bits per heavy atom. The first-order chi connectivity index (χ1) is 29.2. The standard InChI is InChI=1S/C51H30BN5O2/c1-3-14-31(15-4-1)49-53-50(32-16-5-2-6-17-32)55-51(54-49)33-28-44-48-45(29-33)59-43-27-13-25-41-47(43)52(48)46-40(24-12-26-42(46)58-44)57(41)35-19-11-18-34(30-35)56-38-22-9-7-20-36(38)37-21-8-10-23-39(37)56/h1-30H. The zero-order valence-electron chi connectivity index (χ0n) is 31.5. The lowest BCUT2D eigenvalue weighted by Crippen LogP contribution is -2.61. The molecule has 3 aliphatic rings. The highest BCUT2D eigenvalue weighted by atomic mass is 16.5. The lowest BCUT2D eigenvalue weighted by Gasteiger charge is -2.42. The van der Waals surface area contributed by atoms with Gasteiger partial charge in [-0.1, -0.05) is 115 Å². The van der Waals surface area contributed by atoms with E-state index < -0.39 is 0 Å². The number of hydrogen-bond acceptors (Lipinski definition) is 6. The van der Waals surface area contributed by atoms with Crippen LogP contribution in [-0.2, 0) is 0 Å². The zero-order chi connectivity index (χ0) is 38.6. The Kier molecular flexibility index (Phi) is 6.69. The highest BCUT2D eigenvalue weighted by molar-refractivity contribution is 7.00. The molecule has 13 rings (SSSR count). The summed E-state index contributed by atoms with van der Waals surface area (Å²) >= 11 is 0. The first kappa shape index (κ1) is 32.2. The van der Waals surface area contributed by atoms with Crippen molar-refractivity contribution in [2.75, 3.05) is 4.90 Å². The number of para-hydroxylation sites is 2. The number of ether oxygens (including phenoxy) is 2. The molecule has 2 aromatic heterocycles. The minimum atomic E-state index is -0.0937. The Balaban J connectivity index is 0.972. The fraction of sp³-hybridized carbons (Fsp3) is 0. The second-order valence-corrected chi connectivity index (χ2v) is 15.2. The monoisotopic (exact) mass is 755 g/mol. The molecule has 10 aromatic rings. The van der Waals surface area contributed by atoms with Gasteiger partial charge in [0.2, 0.25) is 0 Å². The lowest BCUT2D eigenvalue weighted by atomic mass is 9.33. The van der Waals surface area contributed by atoms with Gasteiger partial charge < -0.3 is 18.9 Å². The first-order valence-electron chi connectivity index (χ1n) is 19.8. The molecule has 0 N–H and O–H groups in total. The number of anilines is 3. The van der Waals surface area contributed by atoms with Gasteiger partial charge in [-0.2, -0.15) is 0 Å². The van der Waals surface area contributed by atoms with E-state index in [1.54, 1.807) is 0 Å². The van der Waals surface area contributed by atoms with Crippen LogP contribution in [-0.4, -0.2) is 26.2 Å². The molecular weight excluding hydrogens is 725 g/mol. The van der Waals surface area contributed by atoms with E-state index in [0.29, 0.717) is 17.5 Å². The average Bonchev–Trinajstić information content (AvgIpc) is 3.64. The third kappa shape index (κ3) is 4.74. The number of aromatic nitrogens is 4. The van der Waals surface area contributed by atoms with Gasteiger partial charge in [-0.15, -0.1) is 0 Å². The third-order valence-electron chi connectivity index (χ3n) is 11.9. The lowest BCUT2D eigenvalue weighted by molar-refractivity contribution is 0.464.